The van der Waals surface area contributed by atoms with Gasteiger partial charge < -0.3 is 20.1 Å². The molecule has 0 bridgehead atoms. The molecule has 0 saturated heterocycles. The first kappa shape index (κ1) is 14.1. The van der Waals surface area contributed by atoms with Gasteiger partial charge in [0.05, 0.1) is 19.1 Å². The number of anilines is 1. The van der Waals surface area contributed by atoms with E-state index in [2.05, 4.69) is 31.2 Å². The summed E-state index contributed by atoms with van der Waals surface area (Å²) >= 11 is 3.28. The second-order valence-corrected chi connectivity index (χ2v) is 4.65. The number of imidazole rings is 1. The van der Waals surface area contributed by atoms with Crippen molar-refractivity contribution in [2.24, 2.45) is 0 Å². The summed E-state index contributed by atoms with van der Waals surface area (Å²) in [6.07, 6.45) is 1.15. The Balaban J connectivity index is 2.30. The van der Waals surface area contributed by atoms with E-state index in [1.165, 1.54) is 7.11 Å². The summed E-state index contributed by atoms with van der Waals surface area (Å²) in [5.74, 6) is -1.44. The number of nitrogens with one attached hydrogen (secondary N) is 2. The molecule has 0 atom stereocenters. The number of carbonyl (C=O) groups excluding carboxylic acids is 1. The van der Waals surface area contributed by atoms with Crippen molar-refractivity contribution in [1.29, 1.82) is 0 Å². The molecule has 7 nitrogen and oxygen atoms in total. The quantitative estimate of drug-likeness (QED) is 0.791. The van der Waals surface area contributed by atoms with Crippen molar-refractivity contribution in [2.75, 3.05) is 12.4 Å². The van der Waals surface area contributed by atoms with E-state index >= 15 is 0 Å². The van der Waals surface area contributed by atoms with E-state index in [1.54, 1.807) is 18.2 Å². The number of carboxylic acid groups (broad SMARTS) is 1. The third-order valence-electron chi connectivity index (χ3n) is 2.48. The van der Waals surface area contributed by atoms with Crippen LogP contribution >= 0.6 is 15.9 Å². The zero-order valence-corrected chi connectivity index (χ0v) is 11.9. The maximum Gasteiger partial charge on any atom is 0.354 e. The first-order chi connectivity index (χ1) is 9.52. The highest BCUT2D eigenvalue weighted by Crippen LogP contribution is 2.28. The third-order valence-corrected chi connectivity index (χ3v) is 2.97. The van der Waals surface area contributed by atoms with E-state index in [-0.39, 0.29) is 11.4 Å². The summed E-state index contributed by atoms with van der Waals surface area (Å²) in [6.45, 7) is 0. The van der Waals surface area contributed by atoms with E-state index in [1.807, 2.05) is 0 Å². The minimum Gasteiger partial charge on any atom is -0.495 e. The molecular weight excluding hydrogens is 330 g/mol. The number of rotatable bonds is 4. The monoisotopic (exact) mass is 339 g/mol. The summed E-state index contributed by atoms with van der Waals surface area (Å²) in [4.78, 5) is 29.1. The minimum absolute atomic E-state index is 0.195. The minimum atomic E-state index is -1.26. The van der Waals surface area contributed by atoms with Crippen LogP contribution in [0, 0.1) is 0 Å². The molecule has 0 spiro atoms. The average molecular weight is 340 g/mol. The molecule has 1 amide bonds. The number of aromatic nitrogens is 2. The number of H-pyrrole nitrogens is 1. The summed E-state index contributed by atoms with van der Waals surface area (Å²) in [7, 11) is 1.47. The van der Waals surface area contributed by atoms with Gasteiger partial charge in [-0.1, -0.05) is 15.9 Å². The van der Waals surface area contributed by atoms with Crippen LogP contribution in [-0.2, 0) is 0 Å². The van der Waals surface area contributed by atoms with Crippen LogP contribution in [0.25, 0.3) is 0 Å². The number of ether oxygens (including phenoxy) is 1. The van der Waals surface area contributed by atoms with Gasteiger partial charge in [0.2, 0.25) is 0 Å². The Labute approximate surface area is 122 Å². The van der Waals surface area contributed by atoms with Crippen LogP contribution in [0.2, 0.25) is 0 Å². The van der Waals surface area contributed by atoms with E-state index < -0.39 is 11.9 Å². The van der Waals surface area contributed by atoms with Gasteiger partial charge in [-0.2, -0.15) is 0 Å². The lowest BCUT2D eigenvalue weighted by atomic mass is 10.2. The second-order valence-electron chi connectivity index (χ2n) is 3.73. The van der Waals surface area contributed by atoms with Crippen LogP contribution in [0.1, 0.15) is 21.0 Å². The topological polar surface area (TPSA) is 104 Å². The molecule has 0 saturated carbocycles. The van der Waals surface area contributed by atoms with Crippen molar-refractivity contribution >= 4 is 33.5 Å². The van der Waals surface area contributed by atoms with Gasteiger partial charge in [0.1, 0.15) is 5.75 Å². The molecule has 1 aromatic carbocycles. The lowest BCUT2D eigenvalue weighted by molar-refractivity contribution is 0.0686. The molecule has 104 valence electrons. The number of benzene rings is 1. The van der Waals surface area contributed by atoms with Crippen molar-refractivity contribution in [3.63, 3.8) is 0 Å². The van der Waals surface area contributed by atoms with E-state index in [9.17, 15) is 9.59 Å². The fraction of sp³-hybridized carbons (Fsp3) is 0.0833. The molecule has 3 N–H and O–H groups in total. The Morgan fingerprint density at radius 2 is 2.20 bits per heavy atom. The first-order valence-corrected chi connectivity index (χ1v) is 6.23. The summed E-state index contributed by atoms with van der Waals surface area (Å²) < 4.78 is 5.86. The number of aromatic carboxylic acids is 1. The molecule has 20 heavy (non-hydrogen) atoms. The molecule has 8 heteroatoms. The van der Waals surface area contributed by atoms with Gasteiger partial charge in [0.15, 0.2) is 11.4 Å². The standard InChI is InChI=1S/C12H10BrN3O4/c1-20-8-3-2-6(13)4-7(8)16-11(17)9-10(12(18)19)15-5-14-9/h2-5H,1H3,(H,14,15)(H,16,17)(H,18,19). The number of amides is 1. The highest BCUT2D eigenvalue weighted by atomic mass is 79.9. The number of hydrogen-bond acceptors (Lipinski definition) is 4. The SMILES string of the molecule is COc1ccc(Br)cc1NC(=O)c1nc[nH]c1C(=O)O. The summed E-state index contributed by atoms with van der Waals surface area (Å²) in [5, 5.41) is 11.5. The molecule has 0 fully saturated rings. The number of halogens is 1. The predicted octanol–water partition coefficient (Wildman–Crippen LogP) is 2.13. The zero-order valence-electron chi connectivity index (χ0n) is 10.3. The van der Waals surface area contributed by atoms with Crippen LogP contribution in [0.4, 0.5) is 5.69 Å². The van der Waals surface area contributed by atoms with Crippen molar-refractivity contribution in [3.05, 3.63) is 40.4 Å². The van der Waals surface area contributed by atoms with Gasteiger partial charge in [-0.05, 0) is 18.2 Å². The van der Waals surface area contributed by atoms with Crippen molar-refractivity contribution in [3.8, 4) is 5.75 Å². The highest BCUT2D eigenvalue weighted by Gasteiger charge is 2.20. The van der Waals surface area contributed by atoms with Crippen LogP contribution < -0.4 is 10.1 Å². The number of nitrogens with zero attached hydrogens (tertiary/aromatic N) is 1. The van der Waals surface area contributed by atoms with E-state index in [0.717, 1.165) is 10.8 Å². The molecule has 0 radical (unpaired) electrons. The summed E-state index contributed by atoms with van der Waals surface area (Å²) in [6, 6.07) is 5.07. The maximum absolute atomic E-state index is 12.1. The number of carboxylic acids is 1. The molecule has 0 aliphatic heterocycles. The Hall–Kier alpha value is -2.35. The number of aromatic amines is 1. The van der Waals surface area contributed by atoms with Gasteiger partial charge in [-0.3, -0.25) is 4.79 Å². The fourth-order valence-corrected chi connectivity index (χ4v) is 1.95. The normalized spacial score (nSPS) is 10.1. The van der Waals surface area contributed by atoms with Crippen molar-refractivity contribution in [2.45, 2.75) is 0 Å². The largest absolute Gasteiger partial charge is 0.495 e. The smallest absolute Gasteiger partial charge is 0.354 e. The molecule has 0 aliphatic rings. The molecule has 2 rings (SSSR count). The molecule has 0 aliphatic carbocycles. The predicted molar refractivity (Wildman–Crippen MR) is 74.2 cm³/mol. The maximum atomic E-state index is 12.1. The highest BCUT2D eigenvalue weighted by molar-refractivity contribution is 9.10. The Morgan fingerprint density at radius 3 is 2.85 bits per heavy atom. The van der Waals surface area contributed by atoms with Crippen LogP contribution in [0.5, 0.6) is 5.75 Å². The Morgan fingerprint density at radius 1 is 1.45 bits per heavy atom. The molecule has 1 heterocycles. The summed E-state index contributed by atoms with van der Waals surface area (Å²) in [5.41, 5.74) is -0.0535. The lowest BCUT2D eigenvalue weighted by Crippen LogP contribution is -2.17. The fourth-order valence-electron chi connectivity index (χ4n) is 1.59. The van der Waals surface area contributed by atoms with Gasteiger partial charge in [-0.25, -0.2) is 9.78 Å². The Bertz CT molecular complexity index is 668. The van der Waals surface area contributed by atoms with E-state index in [0.29, 0.717) is 11.4 Å². The van der Waals surface area contributed by atoms with Crippen LogP contribution in [-0.4, -0.2) is 34.1 Å². The Kier molecular flexibility index (Phi) is 4.04. The second kappa shape index (κ2) is 5.74. The van der Waals surface area contributed by atoms with Crippen LogP contribution in [0.3, 0.4) is 0 Å². The molecule has 2 aromatic rings. The average Bonchev–Trinajstić information content (AvgIpc) is 2.88. The third kappa shape index (κ3) is 2.80. The first-order valence-electron chi connectivity index (χ1n) is 5.44. The number of hydrogen-bond donors (Lipinski definition) is 3. The van der Waals surface area contributed by atoms with Crippen molar-refractivity contribution < 1.29 is 19.4 Å². The van der Waals surface area contributed by atoms with Crippen LogP contribution in [0.15, 0.2) is 29.0 Å². The van der Waals surface area contributed by atoms with Gasteiger partial charge >= 0.3 is 5.97 Å². The van der Waals surface area contributed by atoms with Gasteiger partial charge in [0.25, 0.3) is 5.91 Å². The molecular formula is C12H10BrN3O4. The number of carbonyl (C=O) groups is 2. The van der Waals surface area contributed by atoms with Crippen molar-refractivity contribution in [1.82, 2.24) is 9.97 Å². The van der Waals surface area contributed by atoms with Gasteiger partial charge in [-0.15, -0.1) is 0 Å². The zero-order chi connectivity index (χ0) is 14.7. The number of methoxy groups -OCH3 is 1. The molecule has 0 unspecified atom stereocenters. The molecule has 1 aromatic heterocycles. The lowest BCUT2D eigenvalue weighted by Gasteiger charge is -2.09. The van der Waals surface area contributed by atoms with Gasteiger partial charge in [0, 0.05) is 4.47 Å². The van der Waals surface area contributed by atoms with E-state index in [4.69, 9.17) is 9.84 Å².